The number of amides is 1. The summed E-state index contributed by atoms with van der Waals surface area (Å²) in [5.41, 5.74) is 5.45. The molecule has 0 spiro atoms. The second-order valence-corrected chi connectivity index (χ2v) is 7.90. The zero-order valence-electron chi connectivity index (χ0n) is 17.7. The Bertz CT molecular complexity index is 1430. The van der Waals surface area contributed by atoms with Crippen molar-refractivity contribution < 1.29 is 4.79 Å². The maximum absolute atomic E-state index is 13.2. The van der Waals surface area contributed by atoms with Crippen molar-refractivity contribution in [3.63, 3.8) is 0 Å². The van der Waals surface area contributed by atoms with Crippen molar-refractivity contribution in [1.29, 1.82) is 0 Å². The van der Waals surface area contributed by atoms with Crippen LogP contribution in [0.25, 0.3) is 16.6 Å². The van der Waals surface area contributed by atoms with Gasteiger partial charge in [0.1, 0.15) is 0 Å². The molecule has 156 valence electrons. The van der Waals surface area contributed by atoms with Crippen molar-refractivity contribution in [1.82, 2.24) is 9.55 Å². The summed E-state index contributed by atoms with van der Waals surface area (Å²) in [7, 11) is 0. The van der Waals surface area contributed by atoms with E-state index in [2.05, 4.69) is 10.3 Å². The van der Waals surface area contributed by atoms with Gasteiger partial charge in [0, 0.05) is 11.3 Å². The van der Waals surface area contributed by atoms with Crippen LogP contribution >= 0.6 is 12.2 Å². The van der Waals surface area contributed by atoms with Crippen molar-refractivity contribution in [2.75, 3.05) is 5.32 Å². The minimum atomic E-state index is -0.235. The topological polar surface area (TPSA) is 66.9 Å². The van der Waals surface area contributed by atoms with Crippen LogP contribution in [0.2, 0.25) is 0 Å². The number of hydrogen-bond acceptors (Lipinski definition) is 3. The molecule has 4 rings (SSSR count). The van der Waals surface area contributed by atoms with Gasteiger partial charge in [0.05, 0.1) is 16.6 Å². The molecule has 0 bridgehead atoms. The summed E-state index contributed by atoms with van der Waals surface area (Å²) in [4.78, 5) is 29.2. The number of aromatic amines is 1. The van der Waals surface area contributed by atoms with Crippen LogP contribution in [0.1, 0.15) is 34.0 Å². The van der Waals surface area contributed by atoms with E-state index in [9.17, 15) is 9.59 Å². The molecule has 2 N–H and O–H groups in total. The Labute approximate surface area is 185 Å². The lowest BCUT2D eigenvalue weighted by Gasteiger charge is -2.13. The third kappa shape index (κ3) is 3.82. The lowest BCUT2D eigenvalue weighted by Crippen LogP contribution is -2.22. The van der Waals surface area contributed by atoms with Gasteiger partial charge in [-0.3, -0.25) is 14.2 Å². The molecular weight excluding hydrogens is 406 g/mol. The quantitative estimate of drug-likeness (QED) is 0.422. The van der Waals surface area contributed by atoms with E-state index in [4.69, 9.17) is 12.2 Å². The number of carbonyl (C=O) groups is 1. The summed E-state index contributed by atoms with van der Waals surface area (Å²) in [6.45, 7) is 6.01. The number of nitrogens with one attached hydrogen (secondary N) is 2. The number of hydrogen-bond donors (Lipinski definition) is 2. The van der Waals surface area contributed by atoms with Gasteiger partial charge in [-0.1, -0.05) is 37.3 Å². The van der Waals surface area contributed by atoms with E-state index < -0.39 is 0 Å². The molecule has 0 unspecified atom stereocenters. The number of nitrogens with zero attached hydrogens (tertiary/aromatic N) is 1. The van der Waals surface area contributed by atoms with Crippen LogP contribution in [0.4, 0.5) is 5.69 Å². The van der Waals surface area contributed by atoms with E-state index in [1.165, 1.54) is 4.57 Å². The third-order valence-electron chi connectivity index (χ3n) is 5.62. The number of para-hydroxylation sites is 1. The van der Waals surface area contributed by atoms with E-state index in [0.717, 1.165) is 34.5 Å². The van der Waals surface area contributed by atoms with Crippen LogP contribution < -0.4 is 10.9 Å². The molecule has 0 radical (unpaired) electrons. The number of anilines is 1. The largest absolute Gasteiger partial charge is 0.331 e. The maximum Gasteiger partial charge on any atom is 0.266 e. The number of fused-ring (bicyclic) bond motifs is 1. The first-order valence-corrected chi connectivity index (χ1v) is 10.6. The molecule has 5 nitrogen and oxygen atoms in total. The van der Waals surface area contributed by atoms with Gasteiger partial charge >= 0.3 is 0 Å². The summed E-state index contributed by atoms with van der Waals surface area (Å²) in [5.74, 6) is -0.235. The molecular formula is C25H23N3O2S. The van der Waals surface area contributed by atoms with Crippen LogP contribution in [0, 0.1) is 18.6 Å². The van der Waals surface area contributed by atoms with Crippen molar-refractivity contribution in [2.45, 2.75) is 27.2 Å². The van der Waals surface area contributed by atoms with Gasteiger partial charge in [-0.15, -0.1) is 0 Å². The Hall–Kier alpha value is -3.51. The first-order valence-electron chi connectivity index (χ1n) is 10.2. The van der Waals surface area contributed by atoms with Gasteiger partial charge in [0.25, 0.3) is 11.5 Å². The molecule has 0 atom stereocenters. The number of carbonyl (C=O) groups excluding carboxylic acids is 1. The molecule has 0 saturated carbocycles. The molecule has 0 saturated heterocycles. The highest BCUT2D eigenvalue weighted by molar-refractivity contribution is 7.71. The van der Waals surface area contributed by atoms with Crippen LogP contribution in [0.3, 0.4) is 0 Å². The van der Waals surface area contributed by atoms with Crippen molar-refractivity contribution in [3.8, 4) is 5.69 Å². The van der Waals surface area contributed by atoms with Gasteiger partial charge < -0.3 is 10.3 Å². The SMILES string of the molecule is CCc1ccccc1NC(=O)c1ccc2c(=O)n(-c3cccc(C)c3C)c(=S)[nH]c2c1. The molecule has 4 aromatic rings. The van der Waals surface area contributed by atoms with Gasteiger partial charge in [-0.05, 0) is 79.5 Å². The summed E-state index contributed by atoms with van der Waals surface area (Å²) in [6, 6.07) is 18.5. The zero-order chi connectivity index (χ0) is 22.1. The fraction of sp³-hybridized carbons (Fsp3) is 0.160. The molecule has 1 amide bonds. The second-order valence-electron chi connectivity index (χ2n) is 7.51. The maximum atomic E-state index is 13.2. The average Bonchev–Trinajstić information content (AvgIpc) is 2.76. The summed E-state index contributed by atoms with van der Waals surface area (Å²) >= 11 is 5.51. The number of rotatable bonds is 4. The number of aryl methyl sites for hydroxylation is 2. The average molecular weight is 430 g/mol. The minimum Gasteiger partial charge on any atom is -0.331 e. The monoisotopic (exact) mass is 429 g/mol. The van der Waals surface area contributed by atoms with Crippen molar-refractivity contribution in [2.24, 2.45) is 0 Å². The highest BCUT2D eigenvalue weighted by Crippen LogP contribution is 2.20. The van der Waals surface area contributed by atoms with Crippen LogP contribution in [0.15, 0.2) is 65.5 Å². The summed E-state index contributed by atoms with van der Waals surface area (Å²) in [5, 5.41) is 3.43. The molecule has 1 aromatic heterocycles. The lowest BCUT2D eigenvalue weighted by atomic mass is 10.1. The van der Waals surface area contributed by atoms with E-state index >= 15 is 0 Å². The van der Waals surface area contributed by atoms with Gasteiger partial charge in [0.2, 0.25) is 0 Å². The third-order valence-corrected chi connectivity index (χ3v) is 5.91. The molecule has 1 heterocycles. The Kier molecular flexibility index (Phi) is 5.57. The molecule has 0 fully saturated rings. The van der Waals surface area contributed by atoms with Crippen LogP contribution in [0.5, 0.6) is 0 Å². The number of H-pyrrole nitrogens is 1. The second kappa shape index (κ2) is 8.32. The smallest absolute Gasteiger partial charge is 0.266 e. The van der Waals surface area contributed by atoms with Gasteiger partial charge in [-0.25, -0.2) is 0 Å². The molecule has 0 aliphatic rings. The Morgan fingerprint density at radius 2 is 1.84 bits per heavy atom. The summed E-state index contributed by atoms with van der Waals surface area (Å²) < 4.78 is 1.80. The molecule has 6 heteroatoms. The predicted molar refractivity (Wildman–Crippen MR) is 128 cm³/mol. The minimum absolute atomic E-state index is 0.212. The van der Waals surface area contributed by atoms with Crippen LogP contribution in [-0.2, 0) is 6.42 Å². The fourth-order valence-corrected chi connectivity index (χ4v) is 3.99. The Morgan fingerprint density at radius 1 is 1.06 bits per heavy atom. The number of benzene rings is 3. The van der Waals surface area contributed by atoms with Gasteiger partial charge in [-0.2, -0.15) is 0 Å². The standard InChI is InChI=1S/C25H23N3O2S/c1-4-17-9-5-6-10-20(17)26-23(29)18-12-13-19-21(14-18)27-25(31)28(24(19)30)22-11-7-8-15(2)16(22)3/h5-14H,4H2,1-3H3,(H,26,29)(H,27,31). The predicted octanol–water partition coefficient (Wildman–Crippen LogP) is 5.48. The van der Waals surface area contributed by atoms with E-state index in [1.807, 2.05) is 63.2 Å². The summed E-state index contributed by atoms with van der Waals surface area (Å²) in [6.07, 6.45) is 0.819. The van der Waals surface area contributed by atoms with E-state index in [0.29, 0.717) is 21.2 Å². The zero-order valence-corrected chi connectivity index (χ0v) is 18.5. The first-order chi connectivity index (χ1) is 14.9. The molecule has 3 aromatic carbocycles. The van der Waals surface area contributed by atoms with Crippen LogP contribution in [-0.4, -0.2) is 15.5 Å². The molecule has 31 heavy (non-hydrogen) atoms. The van der Waals surface area contributed by atoms with Crippen molar-refractivity contribution >= 4 is 34.7 Å². The number of aromatic nitrogens is 2. The Morgan fingerprint density at radius 3 is 2.61 bits per heavy atom. The highest BCUT2D eigenvalue weighted by atomic mass is 32.1. The van der Waals surface area contributed by atoms with E-state index in [1.54, 1.807) is 18.2 Å². The lowest BCUT2D eigenvalue weighted by molar-refractivity contribution is 0.102. The van der Waals surface area contributed by atoms with Gasteiger partial charge in [0.15, 0.2) is 4.77 Å². The molecule has 0 aliphatic carbocycles. The Balaban J connectivity index is 1.77. The van der Waals surface area contributed by atoms with E-state index in [-0.39, 0.29) is 11.5 Å². The highest BCUT2D eigenvalue weighted by Gasteiger charge is 2.14. The van der Waals surface area contributed by atoms with Crippen molar-refractivity contribution in [3.05, 3.63) is 98.0 Å². The molecule has 0 aliphatic heterocycles. The first kappa shape index (κ1) is 20.8. The normalized spacial score (nSPS) is 10.9. The fourth-order valence-electron chi connectivity index (χ4n) is 3.70.